The van der Waals surface area contributed by atoms with Gasteiger partial charge in [0.25, 0.3) is 0 Å². The first-order chi connectivity index (χ1) is 12.5. The first kappa shape index (κ1) is 18.0. The normalized spacial score (nSPS) is 11.3. The molecule has 3 aromatic rings. The van der Waals surface area contributed by atoms with Gasteiger partial charge in [0.2, 0.25) is 15.9 Å². The number of sulfonamides is 1. The van der Waals surface area contributed by atoms with E-state index < -0.39 is 15.8 Å². The molecule has 0 aliphatic carbocycles. The summed E-state index contributed by atoms with van der Waals surface area (Å²) in [5, 5.41) is 0. The highest BCUT2D eigenvalue weighted by Crippen LogP contribution is 2.15. The van der Waals surface area contributed by atoms with E-state index in [1.165, 1.54) is 24.4 Å². The smallest absolute Gasteiger partial charge is 0.243 e. The summed E-state index contributed by atoms with van der Waals surface area (Å²) in [5.41, 5.74) is 1.66. The maximum absolute atomic E-state index is 13.7. The highest BCUT2D eigenvalue weighted by molar-refractivity contribution is 7.89. The molecule has 3 rings (SSSR count). The van der Waals surface area contributed by atoms with Crippen LogP contribution in [0.3, 0.4) is 0 Å². The van der Waals surface area contributed by atoms with Crippen LogP contribution in [0.25, 0.3) is 0 Å². The van der Waals surface area contributed by atoms with Crippen LogP contribution in [0.2, 0.25) is 0 Å². The van der Waals surface area contributed by atoms with Gasteiger partial charge in [0, 0.05) is 18.8 Å². The van der Waals surface area contributed by atoms with Gasteiger partial charge in [0.1, 0.15) is 17.3 Å². The molecule has 5 nitrogen and oxygen atoms in total. The molecular weight excluding hydrogens is 355 g/mol. The summed E-state index contributed by atoms with van der Waals surface area (Å²) >= 11 is 0. The predicted octanol–water partition coefficient (Wildman–Crippen LogP) is 3.28. The number of pyridine rings is 1. The highest BCUT2D eigenvalue weighted by atomic mass is 32.2. The van der Waals surface area contributed by atoms with Gasteiger partial charge in [0.15, 0.2) is 0 Å². The van der Waals surface area contributed by atoms with Gasteiger partial charge in [-0.2, -0.15) is 0 Å². The van der Waals surface area contributed by atoms with E-state index in [4.69, 9.17) is 4.74 Å². The van der Waals surface area contributed by atoms with Gasteiger partial charge < -0.3 is 4.74 Å². The second-order valence-corrected chi connectivity index (χ2v) is 7.27. The molecule has 0 bridgehead atoms. The van der Waals surface area contributed by atoms with Crippen LogP contribution >= 0.6 is 0 Å². The lowest BCUT2D eigenvalue weighted by Gasteiger charge is -2.09. The summed E-state index contributed by atoms with van der Waals surface area (Å²) in [6, 6.07) is 18.2. The summed E-state index contributed by atoms with van der Waals surface area (Å²) in [4.78, 5) is 3.73. The van der Waals surface area contributed by atoms with Gasteiger partial charge in [-0.05, 0) is 29.3 Å². The third-order valence-electron chi connectivity index (χ3n) is 3.62. The van der Waals surface area contributed by atoms with Gasteiger partial charge in [-0.25, -0.2) is 22.5 Å². The summed E-state index contributed by atoms with van der Waals surface area (Å²) in [6.07, 6.45) is 1.53. The second kappa shape index (κ2) is 8.07. The first-order valence-electron chi connectivity index (χ1n) is 7.90. The number of hydrogen-bond acceptors (Lipinski definition) is 4. The Kier molecular flexibility index (Phi) is 5.60. The Morgan fingerprint density at radius 1 is 0.962 bits per heavy atom. The summed E-state index contributed by atoms with van der Waals surface area (Å²) in [7, 11) is -3.94. The third-order valence-corrected chi connectivity index (χ3v) is 5.06. The Hall–Kier alpha value is -2.77. The predicted molar refractivity (Wildman–Crippen MR) is 95.4 cm³/mol. The Balaban J connectivity index is 1.64. The van der Waals surface area contributed by atoms with E-state index in [0.717, 1.165) is 11.6 Å². The monoisotopic (exact) mass is 372 g/mol. The van der Waals surface area contributed by atoms with Crippen molar-refractivity contribution in [3.8, 4) is 5.88 Å². The van der Waals surface area contributed by atoms with Crippen molar-refractivity contribution in [2.45, 2.75) is 18.0 Å². The van der Waals surface area contributed by atoms with E-state index in [1.54, 1.807) is 12.1 Å². The van der Waals surface area contributed by atoms with E-state index in [-0.39, 0.29) is 11.4 Å². The summed E-state index contributed by atoms with van der Waals surface area (Å²) in [6.45, 7) is 0.360. The minimum Gasteiger partial charge on any atom is -0.473 e. The number of benzene rings is 2. The minimum atomic E-state index is -3.94. The van der Waals surface area contributed by atoms with E-state index in [2.05, 4.69) is 9.71 Å². The van der Waals surface area contributed by atoms with Crippen LogP contribution in [0.1, 0.15) is 11.1 Å². The van der Waals surface area contributed by atoms with Crippen LogP contribution in [0.4, 0.5) is 4.39 Å². The van der Waals surface area contributed by atoms with Crippen molar-refractivity contribution >= 4 is 10.0 Å². The molecule has 0 amide bonds. The van der Waals surface area contributed by atoms with Crippen LogP contribution in [0.5, 0.6) is 5.88 Å². The molecule has 0 aliphatic heterocycles. The van der Waals surface area contributed by atoms with Crippen molar-refractivity contribution in [1.29, 1.82) is 0 Å². The molecule has 1 aromatic heterocycles. The molecule has 0 fully saturated rings. The number of nitrogens with one attached hydrogen (secondary N) is 1. The van der Waals surface area contributed by atoms with Crippen molar-refractivity contribution in [1.82, 2.24) is 9.71 Å². The van der Waals surface area contributed by atoms with Gasteiger partial charge in [-0.15, -0.1) is 0 Å². The van der Waals surface area contributed by atoms with E-state index >= 15 is 0 Å². The van der Waals surface area contributed by atoms with Crippen molar-refractivity contribution in [3.63, 3.8) is 0 Å². The molecule has 0 saturated heterocycles. The van der Waals surface area contributed by atoms with Crippen molar-refractivity contribution in [2.24, 2.45) is 0 Å². The Morgan fingerprint density at radius 2 is 1.69 bits per heavy atom. The molecule has 1 N–H and O–H groups in total. The van der Waals surface area contributed by atoms with Crippen LogP contribution in [0.15, 0.2) is 77.8 Å². The topological polar surface area (TPSA) is 68.3 Å². The fourth-order valence-electron chi connectivity index (χ4n) is 2.29. The molecular formula is C19H17FN2O3S. The van der Waals surface area contributed by atoms with Crippen LogP contribution in [-0.2, 0) is 23.2 Å². The maximum Gasteiger partial charge on any atom is 0.243 e. The summed E-state index contributed by atoms with van der Waals surface area (Å²) in [5.74, 6) is -0.405. The molecule has 7 heteroatoms. The average molecular weight is 372 g/mol. The molecule has 0 spiro atoms. The Labute approximate surface area is 151 Å². The maximum atomic E-state index is 13.7. The molecule has 134 valence electrons. The zero-order chi connectivity index (χ0) is 18.4. The van der Waals surface area contributed by atoms with Crippen molar-refractivity contribution in [3.05, 3.63) is 89.9 Å². The molecule has 0 unspecified atom stereocenters. The summed E-state index contributed by atoms with van der Waals surface area (Å²) < 4.78 is 46.1. The number of nitrogens with zero attached hydrogens (tertiary/aromatic N) is 1. The number of aromatic nitrogens is 1. The zero-order valence-electron chi connectivity index (χ0n) is 13.8. The Morgan fingerprint density at radius 3 is 2.46 bits per heavy atom. The molecule has 0 radical (unpaired) electrons. The highest BCUT2D eigenvalue weighted by Gasteiger charge is 2.18. The fourth-order valence-corrected chi connectivity index (χ4v) is 3.38. The van der Waals surface area contributed by atoms with Crippen molar-refractivity contribution in [2.75, 3.05) is 0 Å². The molecule has 0 atom stereocenters. The number of ether oxygens (including phenoxy) is 1. The second-order valence-electron chi connectivity index (χ2n) is 5.53. The number of halogens is 1. The van der Waals surface area contributed by atoms with Gasteiger partial charge in [0.05, 0.1) is 0 Å². The van der Waals surface area contributed by atoms with Crippen molar-refractivity contribution < 1.29 is 17.5 Å². The molecule has 0 aliphatic rings. The fraction of sp³-hybridized carbons (Fsp3) is 0.105. The van der Waals surface area contributed by atoms with Crippen LogP contribution < -0.4 is 9.46 Å². The van der Waals surface area contributed by atoms with Gasteiger partial charge in [-0.1, -0.05) is 42.5 Å². The first-order valence-corrected chi connectivity index (χ1v) is 9.39. The van der Waals surface area contributed by atoms with E-state index in [9.17, 15) is 12.8 Å². The largest absolute Gasteiger partial charge is 0.473 e. The van der Waals surface area contributed by atoms with Gasteiger partial charge >= 0.3 is 0 Å². The zero-order valence-corrected chi connectivity index (χ0v) is 14.6. The third kappa shape index (κ3) is 4.65. The number of hydrogen-bond donors (Lipinski definition) is 1. The van der Waals surface area contributed by atoms with E-state index in [1.807, 2.05) is 30.3 Å². The lowest BCUT2D eigenvalue weighted by Crippen LogP contribution is -2.24. The standard InChI is InChI=1S/C19H17FN2O3S/c20-17-8-4-5-9-18(17)26(23,24)22-13-16-10-11-21-19(12-16)25-14-15-6-2-1-3-7-15/h1-12,22H,13-14H2. The number of rotatable bonds is 7. The molecule has 0 saturated carbocycles. The quantitative estimate of drug-likeness (QED) is 0.691. The van der Waals surface area contributed by atoms with Crippen LogP contribution in [-0.4, -0.2) is 13.4 Å². The van der Waals surface area contributed by atoms with Crippen LogP contribution in [0, 0.1) is 5.82 Å². The Bertz CT molecular complexity index is 979. The SMILES string of the molecule is O=S(=O)(NCc1ccnc(OCc2ccccc2)c1)c1ccccc1F. The molecule has 26 heavy (non-hydrogen) atoms. The average Bonchev–Trinajstić information content (AvgIpc) is 2.66. The minimum absolute atomic E-state index is 0.000878. The lowest BCUT2D eigenvalue weighted by molar-refractivity contribution is 0.293. The van der Waals surface area contributed by atoms with Gasteiger partial charge in [-0.3, -0.25) is 0 Å². The molecule has 2 aromatic carbocycles. The lowest BCUT2D eigenvalue weighted by atomic mass is 10.2. The van der Waals surface area contributed by atoms with E-state index in [0.29, 0.717) is 18.1 Å². The molecule has 1 heterocycles.